The molecule has 0 aromatic heterocycles. The van der Waals surface area contributed by atoms with Crippen molar-refractivity contribution in [1.29, 1.82) is 0 Å². The molecule has 0 bridgehead atoms. The third kappa shape index (κ3) is 10.1. The third-order valence-corrected chi connectivity index (χ3v) is 2.20. The Morgan fingerprint density at radius 1 is 1.13 bits per heavy atom. The highest BCUT2D eigenvalue weighted by molar-refractivity contribution is 4.65. The largest absolute Gasteiger partial charge is 0.374 e. The van der Waals surface area contributed by atoms with Crippen LogP contribution in [0.25, 0.3) is 0 Å². The van der Waals surface area contributed by atoms with Crippen molar-refractivity contribution in [3.05, 3.63) is 0 Å². The van der Waals surface area contributed by atoms with Gasteiger partial charge in [0.15, 0.2) is 0 Å². The van der Waals surface area contributed by atoms with E-state index in [0.717, 1.165) is 25.7 Å². The normalized spacial score (nSPS) is 11.6. The molecule has 0 spiro atoms. The van der Waals surface area contributed by atoms with E-state index in [0.29, 0.717) is 19.2 Å². The van der Waals surface area contributed by atoms with Gasteiger partial charge in [0.1, 0.15) is 6.61 Å². The van der Waals surface area contributed by atoms with Gasteiger partial charge in [0.05, 0.1) is 6.61 Å². The van der Waals surface area contributed by atoms with E-state index in [-0.39, 0.29) is 0 Å². The Morgan fingerprint density at radius 3 is 2.20 bits per heavy atom. The number of nitrogens with one attached hydrogen (secondary N) is 1. The Kier molecular flexibility index (Phi) is 10.2. The minimum Gasteiger partial charge on any atom is -0.374 e. The summed E-state index contributed by atoms with van der Waals surface area (Å²) in [5, 5.41) is 3.33. The Labute approximate surface area is 91.4 Å². The SMILES string of the molecule is CCCC(CCC)NCCOCC(F)F. The fourth-order valence-corrected chi connectivity index (χ4v) is 1.55. The number of ether oxygens (including phenoxy) is 1. The van der Waals surface area contributed by atoms with Gasteiger partial charge in [0.25, 0.3) is 6.43 Å². The molecule has 1 N–H and O–H groups in total. The molecule has 0 fully saturated rings. The summed E-state index contributed by atoms with van der Waals surface area (Å²) in [6.45, 7) is 4.88. The van der Waals surface area contributed by atoms with Crippen LogP contribution >= 0.6 is 0 Å². The molecule has 0 saturated carbocycles. The Hall–Kier alpha value is -0.220. The second kappa shape index (κ2) is 10.3. The zero-order chi connectivity index (χ0) is 11.5. The molecule has 0 aliphatic rings. The maximum atomic E-state index is 11.7. The van der Waals surface area contributed by atoms with Crippen LogP contribution in [-0.2, 0) is 4.74 Å². The van der Waals surface area contributed by atoms with Crippen molar-refractivity contribution >= 4 is 0 Å². The van der Waals surface area contributed by atoms with Gasteiger partial charge in [0.2, 0.25) is 0 Å². The molecule has 2 nitrogen and oxygen atoms in total. The zero-order valence-corrected chi connectivity index (χ0v) is 9.77. The van der Waals surface area contributed by atoms with Crippen LogP contribution in [0.2, 0.25) is 0 Å². The quantitative estimate of drug-likeness (QED) is 0.575. The van der Waals surface area contributed by atoms with E-state index in [1.165, 1.54) is 0 Å². The van der Waals surface area contributed by atoms with Crippen LogP contribution in [0, 0.1) is 0 Å². The number of halogens is 2. The van der Waals surface area contributed by atoms with Gasteiger partial charge in [-0.2, -0.15) is 0 Å². The second-order valence-electron chi connectivity index (χ2n) is 3.69. The summed E-state index contributed by atoms with van der Waals surface area (Å²) >= 11 is 0. The van der Waals surface area contributed by atoms with Gasteiger partial charge in [-0.15, -0.1) is 0 Å². The maximum absolute atomic E-state index is 11.7. The molecule has 0 atom stereocenters. The summed E-state index contributed by atoms with van der Waals surface area (Å²) in [7, 11) is 0. The number of rotatable bonds is 10. The molecule has 0 saturated heterocycles. The molecule has 4 heteroatoms. The van der Waals surface area contributed by atoms with Gasteiger partial charge in [0, 0.05) is 12.6 Å². The van der Waals surface area contributed by atoms with Crippen LogP contribution in [0.4, 0.5) is 8.78 Å². The molecule has 0 unspecified atom stereocenters. The lowest BCUT2D eigenvalue weighted by atomic mass is 10.1. The molecule has 0 radical (unpaired) electrons. The molecular weight excluding hydrogens is 200 g/mol. The molecular formula is C11H23F2NO. The van der Waals surface area contributed by atoms with Gasteiger partial charge in [-0.3, -0.25) is 0 Å². The van der Waals surface area contributed by atoms with Crippen molar-refractivity contribution in [1.82, 2.24) is 5.32 Å². The van der Waals surface area contributed by atoms with Gasteiger partial charge in [-0.1, -0.05) is 26.7 Å². The molecule has 0 heterocycles. The van der Waals surface area contributed by atoms with E-state index >= 15 is 0 Å². The molecule has 0 aliphatic heterocycles. The average Bonchev–Trinajstić information content (AvgIpc) is 2.17. The Balaban J connectivity index is 3.36. The van der Waals surface area contributed by atoms with Crippen molar-refractivity contribution in [3.63, 3.8) is 0 Å². The molecule has 0 amide bonds. The smallest absolute Gasteiger partial charge is 0.261 e. The first-order chi connectivity index (χ1) is 7.20. The third-order valence-electron chi connectivity index (χ3n) is 2.20. The van der Waals surface area contributed by atoms with E-state index < -0.39 is 13.0 Å². The molecule has 0 aliphatic carbocycles. The van der Waals surface area contributed by atoms with Gasteiger partial charge in [-0.05, 0) is 12.8 Å². The first-order valence-electron chi connectivity index (χ1n) is 5.79. The summed E-state index contributed by atoms with van der Waals surface area (Å²) in [6.07, 6.45) is 2.23. The summed E-state index contributed by atoms with van der Waals surface area (Å²) in [5.41, 5.74) is 0. The lowest BCUT2D eigenvalue weighted by Gasteiger charge is -2.17. The second-order valence-corrected chi connectivity index (χ2v) is 3.69. The molecule has 0 aromatic carbocycles. The Bertz CT molecular complexity index is 128. The molecule has 0 rings (SSSR count). The lowest BCUT2D eigenvalue weighted by Crippen LogP contribution is -2.32. The number of hydrogen-bond acceptors (Lipinski definition) is 2. The van der Waals surface area contributed by atoms with Crippen molar-refractivity contribution in [2.24, 2.45) is 0 Å². The highest BCUT2D eigenvalue weighted by Crippen LogP contribution is 2.03. The Morgan fingerprint density at radius 2 is 1.73 bits per heavy atom. The average molecular weight is 223 g/mol. The van der Waals surface area contributed by atoms with Crippen LogP contribution in [-0.4, -0.2) is 32.2 Å². The molecule has 15 heavy (non-hydrogen) atoms. The van der Waals surface area contributed by atoms with Crippen molar-refractivity contribution < 1.29 is 13.5 Å². The summed E-state index contributed by atoms with van der Waals surface area (Å²) < 4.78 is 28.2. The van der Waals surface area contributed by atoms with E-state index in [1.807, 2.05) is 0 Å². The first-order valence-corrected chi connectivity index (χ1v) is 5.79. The van der Waals surface area contributed by atoms with Crippen LogP contribution in [0.3, 0.4) is 0 Å². The van der Waals surface area contributed by atoms with Crippen LogP contribution < -0.4 is 5.32 Å². The predicted molar refractivity (Wildman–Crippen MR) is 58.4 cm³/mol. The van der Waals surface area contributed by atoms with E-state index in [2.05, 4.69) is 19.2 Å². The van der Waals surface area contributed by atoms with Crippen molar-refractivity contribution in [2.75, 3.05) is 19.8 Å². The van der Waals surface area contributed by atoms with Gasteiger partial charge >= 0.3 is 0 Å². The van der Waals surface area contributed by atoms with Crippen LogP contribution in [0.1, 0.15) is 39.5 Å². The van der Waals surface area contributed by atoms with Crippen LogP contribution in [0.15, 0.2) is 0 Å². The van der Waals surface area contributed by atoms with E-state index in [9.17, 15) is 8.78 Å². The van der Waals surface area contributed by atoms with Crippen molar-refractivity contribution in [3.8, 4) is 0 Å². The highest BCUT2D eigenvalue weighted by atomic mass is 19.3. The summed E-state index contributed by atoms with van der Waals surface area (Å²) in [6, 6.07) is 0.509. The molecule has 92 valence electrons. The van der Waals surface area contributed by atoms with E-state index in [4.69, 9.17) is 4.74 Å². The molecule has 0 aromatic rings. The first kappa shape index (κ1) is 14.8. The van der Waals surface area contributed by atoms with Crippen molar-refractivity contribution in [2.45, 2.75) is 52.0 Å². The van der Waals surface area contributed by atoms with Gasteiger partial charge in [-0.25, -0.2) is 8.78 Å². The van der Waals surface area contributed by atoms with E-state index in [1.54, 1.807) is 0 Å². The minimum atomic E-state index is -2.35. The topological polar surface area (TPSA) is 21.3 Å². The lowest BCUT2D eigenvalue weighted by molar-refractivity contribution is 0.0181. The standard InChI is InChI=1S/C11H23F2NO/c1-3-5-10(6-4-2)14-7-8-15-9-11(12)13/h10-11,14H,3-9H2,1-2H3. The number of hydrogen-bond donors (Lipinski definition) is 1. The highest BCUT2D eigenvalue weighted by Gasteiger charge is 2.05. The summed E-state index contributed by atoms with van der Waals surface area (Å²) in [5.74, 6) is 0. The fraction of sp³-hybridized carbons (Fsp3) is 1.00. The minimum absolute atomic E-state index is 0.369. The monoisotopic (exact) mass is 223 g/mol. The van der Waals surface area contributed by atoms with Gasteiger partial charge < -0.3 is 10.1 Å². The zero-order valence-electron chi connectivity index (χ0n) is 9.77. The summed E-state index contributed by atoms with van der Waals surface area (Å²) in [4.78, 5) is 0. The fourth-order valence-electron chi connectivity index (χ4n) is 1.55. The predicted octanol–water partition coefficient (Wildman–Crippen LogP) is 2.83. The van der Waals surface area contributed by atoms with Crippen LogP contribution in [0.5, 0.6) is 0 Å². The maximum Gasteiger partial charge on any atom is 0.261 e. The number of alkyl halides is 2.